The quantitative estimate of drug-likeness (QED) is 0.814. The number of anilines is 1. The number of rotatable bonds is 7. The number of aromatic nitrogens is 2. The highest BCUT2D eigenvalue weighted by atomic mass is 32.1. The predicted octanol–water partition coefficient (Wildman–Crippen LogP) is 2.27. The average molecular weight is 276 g/mol. The van der Waals surface area contributed by atoms with Crippen LogP contribution >= 0.6 is 11.3 Å². The highest BCUT2D eigenvalue weighted by Crippen LogP contribution is 2.11. The molecular weight excluding hydrogens is 256 g/mol. The largest absolute Gasteiger partial charge is 0.374 e. The smallest absolute Gasteiger partial charge is 0.203 e. The lowest BCUT2D eigenvalue weighted by atomic mass is 10.1. The van der Waals surface area contributed by atoms with Crippen LogP contribution < -0.4 is 11.1 Å². The van der Waals surface area contributed by atoms with Gasteiger partial charge in [0.1, 0.15) is 5.01 Å². The Bertz CT molecular complexity index is 483. The van der Waals surface area contributed by atoms with Crippen molar-refractivity contribution in [2.24, 2.45) is 0 Å². The number of benzene rings is 1. The van der Waals surface area contributed by atoms with Crippen molar-refractivity contribution in [2.75, 3.05) is 12.3 Å². The Balaban J connectivity index is 1.63. The molecule has 0 aliphatic rings. The molecule has 4 nitrogen and oxygen atoms in total. The lowest BCUT2D eigenvalue weighted by Crippen LogP contribution is -2.28. The topological polar surface area (TPSA) is 63.8 Å². The molecule has 0 bridgehead atoms. The third-order valence-electron chi connectivity index (χ3n) is 3.02. The van der Waals surface area contributed by atoms with E-state index < -0.39 is 0 Å². The third-order valence-corrected chi connectivity index (χ3v) is 3.84. The van der Waals surface area contributed by atoms with Crippen LogP contribution in [0.4, 0.5) is 5.13 Å². The van der Waals surface area contributed by atoms with Gasteiger partial charge in [-0.15, -0.1) is 10.2 Å². The van der Waals surface area contributed by atoms with Gasteiger partial charge in [0.05, 0.1) is 0 Å². The van der Waals surface area contributed by atoms with E-state index in [1.54, 1.807) is 0 Å². The molecule has 0 aliphatic carbocycles. The highest BCUT2D eigenvalue weighted by molar-refractivity contribution is 7.15. The van der Waals surface area contributed by atoms with Gasteiger partial charge in [0.25, 0.3) is 0 Å². The molecule has 5 heteroatoms. The molecule has 0 unspecified atom stereocenters. The first kappa shape index (κ1) is 14.0. The second-order valence-corrected chi connectivity index (χ2v) is 5.76. The van der Waals surface area contributed by atoms with E-state index in [1.807, 2.05) is 0 Å². The molecule has 1 atom stereocenters. The van der Waals surface area contributed by atoms with Gasteiger partial charge >= 0.3 is 0 Å². The van der Waals surface area contributed by atoms with E-state index >= 15 is 0 Å². The van der Waals surface area contributed by atoms with Crippen molar-refractivity contribution in [3.05, 3.63) is 40.9 Å². The molecule has 102 valence electrons. The van der Waals surface area contributed by atoms with Crippen molar-refractivity contribution in [1.29, 1.82) is 0 Å². The minimum absolute atomic E-state index is 0.505. The van der Waals surface area contributed by atoms with E-state index in [1.165, 1.54) is 16.9 Å². The first-order valence-corrected chi connectivity index (χ1v) is 7.41. The fourth-order valence-electron chi connectivity index (χ4n) is 1.92. The van der Waals surface area contributed by atoms with Gasteiger partial charge < -0.3 is 11.1 Å². The summed E-state index contributed by atoms with van der Waals surface area (Å²) in [4.78, 5) is 0. The summed E-state index contributed by atoms with van der Waals surface area (Å²) in [5.41, 5.74) is 6.94. The highest BCUT2D eigenvalue weighted by Gasteiger charge is 2.04. The van der Waals surface area contributed by atoms with Crippen LogP contribution in [0, 0.1) is 0 Å². The van der Waals surface area contributed by atoms with E-state index in [0.29, 0.717) is 11.2 Å². The molecule has 2 aromatic rings. The number of nitrogens with one attached hydrogen (secondary N) is 1. The maximum Gasteiger partial charge on any atom is 0.203 e. The van der Waals surface area contributed by atoms with E-state index in [9.17, 15) is 0 Å². The second kappa shape index (κ2) is 7.21. The Morgan fingerprint density at radius 2 is 2.00 bits per heavy atom. The Kier molecular flexibility index (Phi) is 5.30. The van der Waals surface area contributed by atoms with Crippen LogP contribution in [-0.4, -0.2) is 22.8 Å². The summed E-state index contributed by atoms with van der Waals surface area (Å²) < 4.78 is 0. The molecule has 0 aliphatic heterocycles. The zero-order chi connectivity index (χ0) is 13.5. The second-order valence-electron chi connectivity index (χ2n) is 4.66. The molecule has 0 fully saturated rings. The van der Waals surface area contributed by atoms with Gasteiger partial charge in [-0.05, 0) is 25.3 Å². The Morgan fingerprint density at radius 1 is 1.21 bits per heavy atom. The van der Waals surface area contributed by atoms with Gasteiger partial charge in [0.15, 0.2) is 0 Å². The van der Waals surface area contributed by atoms with E-state index in [4.69, 9.17) is 5.73 Å². The molecule has 0 saturated heterocycles. The fourth-order valence-corrected chi connectivity index (χ4v) is 2.53. The van der Waals surface area contributed by atoms with E-state index in [0.717, 1.165) is 30.8 Å². The van der Waals surface area contributed by atoms with Crippen molar-refractivity contribution in [1.82, 2.24) is 15.5 Å². The predicted molar refractivity (Wildman–Crippen MR) is 80.3 cm³/mol. The summed E-state index contributed by atoms with van der Waals surface area (Å²) in [6.07, 6.45) is 3.15. The number of nitrogen functional groups attached to an aromatic ring is 1. The normalized spacial score (nSPS) is 12.5. The lowest BCUT2D eigenvalue weighted by Gasteiger charge is -2.13. The Labute approximate surface area is 118 Å². The maximum absolute atomic E-state index is 5.55. The summed E-state index contributed by atoms with van der Waals surface area (Å²) in [6.45, 7) is 3.14. The van der Waals surface area contributed by atoms with Gasteiger partial charge in [-0.3, -0.25) is 0 Å². The molecule has 1 aromatic heterocycles. The van der Waals surface area contributed by atoms with Crippen LogP contribution in [-0.2, 0) is 12.8 Å². The van der Waals surface area contributed by atoms with Gasteiger partial charge in [-0.25, -0.2) is 0 Å². The van der Waals surface area contributed by atoms with Crippen LogP contribution in [0.15, 0.2) is 30.3 Å². The summed E-state index contributed by atoms with van der Waals surface area (Å²) in [6, 6.07) is 11.1. The standard InChI is InChI=1S/C14H20N4S/c1-11(7-8-12-5-3-2-4-6-12)16-10-9-13-17-18-14(15)19-13/h2-6,11,16H,7-10H2,1H3,(H2,15,18)/t11-/m0/s1. The van der Waals surface area contributed by atoms with Crippen molar-refractivity contribution in [3.8, 4) is 0 Å². The monoisotopic (exact) mass is 276 g/mol. The van der Waals surface area contributed by atoms with E-state index in [2.05, 4.69) is 52.8 Å². The van der Waals surface area contributed by atoms with Gasteiger partial charge in [0, 0.05) is 19.0 Å². The third kappa shape index (κ3) is 4.96. The number of hydrogen-bond acceptors (Lipinski definition) is 5. The van der Waals surface area contributed by atoms with Crippen LogP contribution in [0.1, 0.15) is 23.9 Å². The van der Waals surface area contributed by atoms with Crippen LogP contribution in [0.25, 0.3) is 0 Å². The van der Waals surface area contributed by atoms with Gasteiger partial charge in [-0.1, -0.05) is 41.7 Å². The van der Waals surface area contributed by atoms with Crippen LogP contribution in [0.2, 0.25) is 0 Å². The van der Waals surface area contributed by atoms with Crippen molar-refractivity contribution >= 4 is 16.5 Å². The first-order chi connectivity index (χ1) is 9.24. The van der Waals surface area contributed by atoms with Crippen molar-refractivity contribution < 1.29 is 0 Å². The molecule has 19 heavy (non-hydrogen) atoms. The zero-order valence-corrected chi connectivity index (χ0v) is 12.0. The molecule has 0 amide bonds. The summed E-state index contributed by atoms with van der Waals surface area (Å²) in [5.74, 6) is 0. The number of nitrogens with two attached hydrogens (primary N) is 1. The number of aryl methyl sites for hydroxylation is 1. The SMILES string of the molecule is C[C@@H](CCc1ccccc1)NCCc1nnc(N)s1. The molecule has 3 N–H and O–H groups in total. The summed E-state index contributed by atoms with van der Waals surface area (Å²) in [7, 11) is 0. The fraction of sp³-hybridized carbons (Fsp3) is 0.429. The molecule has 0 saturated carbocycles. The van der Waals surface area contributed by atoms with E-state index in [-0.39, 0.29) is 0 Å². The minimum atomic E-state index is 0.505. The first-order valence-electron chi connectivity index (χ1n) is 6.59. The Morgan fingerprint density at radius 3 is 2.68 bits per heavy atom. The summed E-state index contributed by atoms with van der Waals surface area (Å²) in [5, 5.41) is 12.9. The minimum Gasteiger partial charge on any atom is -0.374 e. The van der Waals surface area contributed by atoms with Gasteiger partial charge in [-0.2, -0.15) is 0 Å². The zero-order valence-electron chi connectivity index (χ0n) is 11.2. The molecular formula is C14H20N4S. The van der Waals surface area contributed by atoms with Crippen LogP contribution in [0.3, 0.4) is 0 Å². The molecule has 0 spiro atoms. The molecule has 1 aromatic carbocycles. The molecule has 0 radical (unpaired) electrons. The maximum atomic E-state index is 5.55. The van der Waals surface area contributed by atoms with Crippen LogP contribution in [0.5, 0.6) is 0 Å². The van der Waals surface area contributed by atoms with Gasteiger partial charge in [0.2, 0.25) is 5.13 Å². The molecule has 1 heterocycles. The lowest BCUT2D eigenvalue weighted by molar-refractivity contribution is 0.517. The van der Waals surface area contributed by atoms with Crippen molar-refractivity contribution in [2.45, 2.75) is 32.2 Å². The van der Waals surface area contributed by atoms with Crippen molar-refractivity contribution in [3.63, 3.8) is 0 Å². The summed E-state index contributed by atoms with van der Waals surface area (Å²) >= 11 is 1.47. The number of nitrogens with zero attached hydrogens (tertiary/aromatic N) is 2. The number of hydrogen-bond donors (Lipinski definition) is 2. The Hall–Kier alpha value is -1.46. The molecule has 2 rings (SSSR count). The average Bonchev–Trinajstić information content (AvgIpc) is 2.83.